The van der Waals surface area contributed by atoms with E-state index in [1.807, 2.05) is 13.0 Å². The zero-order valence-corrected chi connectivity index (χ0v) is 17.4. The first-order chi connectivity index (χ1) is 13.6. The van der Waals surface area contributed by atoms with Crippen LogP contribution in [0.15, 0.2) is 41.3 Å². The smallest absolute Gasteiger partial charge is 0.273 e. The molecule has 8 nitrogen and oxygen atoms in total. The van der Waals surface area contributed by atoms with Gasteiger partial charge in [-0.3, -0.25) is 14.9 Å². The van der Waals surface area contributed by atoms with Crippen molar-refractivity contribution in [3.05, 3.63) is 68.8 Å². The van der Waals surface area contributed by atoms with E-state index in [-0.39, 0.29) is 48.2 Å². The fraction of sp³-hybridized carbons (Fsp3) is 0.350. The molecule has 0 aromatic heterocycles. The van der Waals surface area contributed by atoms with Crippen molar-refractivity contribution in [3.8, 4) is 0 Å². The molecule has 0 unspecified atom stereocenters. The molecule has 2 aromatic rings. The Morgan fingerprint density at radius 1 is 1.03 bits per heavy atom. The van der Waals surface area contributed by atoms with Gasteiger partial charge in [0.05, 0.1) is 9.82 Å². The summed E-state index contributed by atoms with van der Waals surface area (Å²) in [4.78, 5) is 25.3. The minimum absolute atomic E-state index is 0.105. The molecule has 2 aromatic carbocycles. The molecule has 1 heterocycles. The van der Waals surface area contributed by atoms with Crippen molar-refractivity contribution in [1.82, 2.24) is 9.21 Å². The molecule has 0 aliphatic carbocycles. The lowest BCUT2D eigenvalue weighted by Crippen LogP contribution is -2.50. The number of nitro benzene ring substituents is 1. The van der Waals surface area contributed by atoms with E-state index in [9.17, 15) is 23.3 Å². The van der Waals surface area contributed by atoms with Crippen molar-refractivity contribution in [2.24, 2.45) is 0 Å². The van der Waals surface area contributed by atoms with Gasteiger partial charge in [0.15, 0.2) is 0 Å². The molecule has 0 atom stereocenters. The van der Waals surface area contributed by atoms with Crippen LogP contribution < -0.4 is 0 Å². The molecule has 0 N–H and O–H groups in total. The van der Waals surface area contributed by atoms with E-state index >= 15 is 0 Å². The molecule has 29 heavy (non-hydrogen) atoms. The average Bonchev–Trinajstić information content (AvgIpc) is 2.67. The normalized spacial score (nSPS) is 15.3. The number of hydrogen-bond acceptors (Lipinski definition) is 5. The number of amides is 1. The van der Waals surface area contributed by atoms with Crippen LogP contribution in [0.4, 0.5) is 5.69 Å². The average molecular weight is 417 g/mol. The largest absolute Gasteiger partial charge is 0.336 e. The first-order valence-electron chi connectivity index (χ1n) is 9.23. The van der Waals surface area contributed by atoms with E-state index in [2.05, 4.69) is 0 Å². The van der Waals surface area contributed by atoms with Gasteiger partial charge in [0.1, 0.15) is 0 Å². The summed E-state index contributed by atoms with van der Waals surface area (Å²) >= 11 is 0. The van der Waals surface area contributed by atoms with Crippen LogP contribution in [0.1, 0.15) is 27.0 Å². The van der Waals surface area contributed by atoms with Crippen LogP contribution in [0.2, 0.25) is 0 Å². The van der Waals surface area contributed by atoms with Gasteiger partial charge < -0.3 is 4.90 Å². The lowest BCUT2D eigenvalue weighted by molar-refractivity contribution is -0.385. The van der Waals surface area contributed by atoms with Crippen LogP contribution in [0.3, 0.4) is 0 Å². The first kappa shape index (κ1) is 20.9. The van der Waals surface area contributed by atoms with E-state index in [4.69, 9.17) is 0 Å². The van der Waals surface area contributed by atoms with Gasteiger partial charge in [-0.2, -0.15) is 4.31 Å². The quantitative estimate of drug-likeness (QED) is 0.562. The molecule has 0 spiro atoms. The maximum absolute atomic E-state index is 13.0. The van der Waals surface area contributed by atoms with Crippen molar-refractivity contribution >= 4 is 21.6 Å². The maximum Gasteiger partial charge on any atom is 0.273 e. The number of hydrogen-bond donors (Lipinski definition) is 0. The maximum atomic E-state index is 13.0. The van der Waals surface area contributed by atoms with Gasteiger partial charge in [-0.25, -0.2) is 8.42 Å². The summed E-state index contributed by atoms with van der Waals surface area (Å²) in [6, 6.07) is 9.62. The lowest BCUT2D eigenvalue weighted by atomic mass is 10.1. The SMILES string of the molecule is Cc1ccc(S(=O)(=O)N2CCN(C(=O)c3cccc([N+](=O)[O-])c3C)CC2)c(C)c1. The Hall–Kier alpha value is -2.78. The van der Waals surface area contributed by atoms with Gasteiger partial charge in [0.2, 0.25) is 10.0 Å². The van der Waals surface area contributed by atoms with Crippen LogP contribution in [0.5, 0.6) is 0 Å². The Kier molecular flexibility index (Phi) is 5.72. The van der Waals surface area contributed by atoms with E-state index in [1.54, 1.807) is 36.9 Å². The van der Waals surface area contributed by atoms with Crippen LogP contribution in [0, 0.1) is 30.9 Å². The monoisotopic (exact) mass is 417 g/mol. The Bertz CT molecular complexity index is 1070. The Labute approximate surface area is 169 Å². The summed E-state index contributed by atoms with van der Waals surface area (Å²) in [6.07, 6.45) is 0. The molecule has 1 saturated heterocycles. The number of sulfonamides is 1. The summed E-state index contributed by atoms with van der Waals surface area (Å²) in [5.41, 5.74) is 2.16. The second kappa shape index (κ2) is 7.92. The summed E-state index contributed by atoms with van der Waals surface area (Å²) in [5.74, 6) is -0.324. The van der Waals surface area contributed by atoms with Crippen molar-refractivity contribution in [2.75, 3.05) is 26.2 Å². The fourth-order valence-electron chi connectivity index (χ4n) is 3.58. The van der Waals surface area contributed by atoms with Gasteiger partial charge in [0.25, 0.3) is 11.6 Å². The highest BCUT2D eigenvalue weighted by Gasteiger charge is 2.32. The minimum atomic E-state index is -3.64. The number of piperazine rings is 1. The topological polar surface area (TPSA) is 101 Å². The van der Waals surface area contributed by atoms with E-state index < -0.39 is 14.9 Å². The van der Waals surface area contributed by atoms with E-state index in [0.29, 0.717) is 11.1 Å². The zero-order valence-electron chi connectivity index (χ0n) is 16.6. The standard InChI is InChI=1S/C20H23N3O5S/c1-14-7-8-19(15(2)13-14)29(27,28)22-11-9-21(10-12-22)20(24)17-5-4-6-18(16(17)3)23(25)26/h4-8,13H,9-12H2,1-3H3. The molecule has 1 amide bonds. The van der Waals surface area contributed by atoms with Crippen LogP contribution >= 0.6 is 0 Å². The van der Waals surface area contributed by atoms with Gasteiger partial charge in [-0.05, 0) is 38.5 Å². The number of nitrogens with zero attached hydrogens (tertiary/aromatic N) is 3. The van der Waals surface area contributed by atoms with E-state index in [0.717, 1.165) is 5.56 Å². The zero-order chi connectivity index (χ0) is 21.3. The highest BCUT2D eigenvalue weighted by molar-refractivity contribution is 7.89. The van der Waals surface area contributed by atoms with Gasteiger partial charge in [0, 0.05) is 43.4 Å². The third kappa shape index (κ3) is 4.01. The summed E-state index contributed by atoms with van der Waals surface area (Å²) in [5, 5.41) is 11.1. The van der Waals surface area contributed by atoms with Gasteiger partial charge in [-0.15, -0.1) is 0 Å². The highest BCUT2D eigenvalue weighted by atomic mass is 32.2. The number of rotatable bonds is 4. The van der Waals surface area contributed by atoms with Crippen molar-refractivity contribution < 1.29 is 18.1 Å². The molecule has 0 radical (unpaired) electrons. The van der Waals surface area contributed by atoms with Crippen LogP contribution in [-0.4, -0.2) is 54.6 Å². The molecule has 0 saturated carbocycles. The van der Waals surface area contributed by atoms with Crippen molar-refractivity contribution in [1.29, 1.82) is 0 Å². The Morgan fingerprint density at radius 3 is 2.28 bits per heavy atom. The first-order valence-corrected chi connectivity index (χ1v) is 10.7. The number of aryl methyl sites for hydroxylation is 2. The third-order valence-corrected chi connectivity index (χ3v) is 7.27. The molecule has 1 fully saturated rings. The third-order valence-electron chi connectivity index (χ3n) is 5.21. The predicted octanol–water partition coefficient (Wildman–Crippen LogP) is 2.67. The molecule has 3 rings (SSSR count). The Balaban J connectivity index is 1.76. The molecule has 154 valence electrons. The lowest BCUT2D eigenvalue weighted by Gasteiger charge is -2.34. The molecular formula is C20H23N3O5S. The predicted molar refractivity (Wildman–Crippen MR) is 108 cm³/mol. The number of nitro groups is 1. The second-order valence-electron chi connectivity index (χ2n) is 7.17. The van der Waals surface area contributed by atoms with Crippen LogP contribution in [0.25, 0.3) is 0 Å². The molecular weight excluding hydrogens is 394 g/mol. The highest BCUT2D eigenvalue weighted by Crippen LogP contribution is 2.25. The minimum Gasteiger partial charge on any atom is -0.336 e. The number of carbonyl (C=O) groups excluding carboxylic acids is 1. The molecule has 9 heteroatoms. The summed E-state index contributed by atoms with van der Waals surface area (Å²) in [6.45, 7) is 6.03. The number of benzene rings is 2. The summed E-state index contributed by atoms with van der Waals surface area (Å²) in [7, 11) is -3.64. The van der Waals surface area contributed by atoms with Crippen LogP contribution in [-0.2, 0) is 10.0 Å². The molecule has 1 aliphatic heterocycles. The molecule has 1 aliphatic rings. The Morgan fingerprint density at radius 2 is 1.69 bits per heavy atom. The van der Waals surface area contributed by atoms with Gasteiger partial charge >= 0.3 is 0 Å². The number of carbonyl (C=O) groups is 1. The second-order valence-corrected chi connectivity index (χ2v) is 9.08. The molecule has 0 bridgehead atoms. The van der Waals surface area contributed by atoms with Gasteiger partial charge in [-0.1, -0.05) is 23.8 Å². The van der Waals surface area contributed by atoms with E-state index in [1.165, 1.54) is 16.4 Å². The fourth-order valence-corrected chi connectivity index (χ4v) is 5.21. The van der Waals surface area contributed by atoms with Crippen molar-refractivity contribution in [3.63, 3.8) is 0 Å². The summed E-state index contributed by atoms with van der Waals surface area (Å²) < 4.78 is 27.4. The van der Waals surface area contributed by atoms with Crippen molar-refractivity contribution in [2.45, 2.75) is 25.7 Å².